The van der Waals surface area contributed by atoms with Crippen LogP contribution in [0, 0.1) is 0 Å². The van der Waals surface area contributed by atoms with Gasteiger partial charge in [-0.3, -0.25) is 4.79 Å². The molecule has 0 aromatic heterocycles. The molecule has 0 aliphatic heterocycles. The fourth-order valence-electron chi connectivity index (χ4n) is 1.38. The summed E-state index contributed by atoms with van der Waals surface area (Å²) in [5.41, 5.74) is 0.874. The predicted molar refractivity (Wildman–Crippen MR) is 71.1 cm³/mol. The molecule has 0 aliphatic carbocycles. The van der Waals surface area contributed by atoms with Crippen LogP contribution < -0.4 is 5.32 Å². The highest BCUT2D eigenvalue weighted by Gasteiger charge is 2.06. The summed E-state index contributed by atoms with van der Waals surface area (Å²) in [6, 6.07) is 7.80. The third-order valence-corrected chi connectivity index (χ3v) is 3.15. The first-order valence-corrected chi connectivity index (χ1v) is 6.68. The number of aliphatic hydroxyl groups excluding tert-OH is 1. The van der Waals surface area contributed by atoms with Gasteiger partial charge in [0, 0.05) is 10.9 Å². The summed E-state index contributed by atoms with van der Waals surface area (Å²) in [4.78, 5) is 12.5. The lowest BCUT2D eigenvalue weighted by Gasteiger charge is -2.09. The summed E-state index contributed by atoms with van der Waals surface area (Å²) >= 11 is 1.48. The topological polar surface area (TPSA) is 49.3 Å². The van der Waals surface area contributed by atoms with Crippen molar-refractivity contribution in [1.82, 2.24) is 5.32 Å². The van der Waals surface area contributed by atoms with E-state index in [1.54, 1.807) is 6.92 Å². The highest BCUT2D eigenvalue weighted by Crippen LogP contribution is 2.22. The minimum absolute atomic E-state index is 0.0347. The fourth-order valence-corrected chi connectivity index (χ4v) is 2.15. The minimum Gasteiger partial charge on any atom is -0.389 e. The monoisotopic (exact) mass is 253 g/mol. The van der Waals surface area contributed by atoms with Crippen LogP contribution in [0.1, 0.15) is 32.4 Å². The van der Waals surface area contributed by atoms with E-state index >= 15 is 0 Å². The van der Waals surface area contributed by atoms with Gasteiger partial charge < -0.3 is 10.4 Å². The molecule has 3 nitrogen and oxygen atoms in total. The molecule has 1 aromatic rings. The van der Waals surface area contributed by atoms with Crippen molar-refractivity contribution in [3.63, 3.8) is 0 Å². The van der Waals surface area contributed by atoms with E-state index in [0.717, 1.165) is 10.5 Å². The number of nitrogens with one attached hydrogen (secondary N) is 1. The molecular formula is C13H19NO2S. The van der Waals surface area contributed by atoms with Gasteiger partial charge >= 0.3 is 0 Å². The molecule has 0 saturated heterocycles. The lowest BCUT2D eigenvalue weighted by molar-refractivity contribution is -0.119. The van der Waals surface area contributed by atoms with Crippen LogP contribution in [0.3, 0.4) is 0 Å². The molecule has 17 heavy (non-hydrogen) atoms. The van der Waals surface area contributed by atoms with E-state index in [1.807, 2.05) is 38.1 Å². The number of hydrogen-bond donors (Lipinski definition) is 2. The normalized spacial score (nSPS) is 12.5. The molecule has 0 fully saturated rings. The van der Waals surface area contributed by atoms with Gasteiger partial charge in [0.25, 0.3) is 0 Å². The zero-order valence-corrected chi connectivity index (χ0v) is 11.3. The van der Waals surface area contributed by atoms with Gasteiger partial charge in [0.1, 0.15) is 0 Å². The van der Waals surface area contributed by atoms with Crippen molar-refractivity contribution in [3.05, 3.63) is 29.8 Å². The van der Waals surface area contributed by atoms with Crippen LogP contribution in [0.5, 0.6) is 0 Å². The highest BCUT2D eigenvalue weighted by atomic mass is 32.2. The van der Waals surface area contributed by atoms with Gasteiger partial charge in [-0.05, 0) is 38.5 Å². The maximum atomic E-state index is 11.5. The SMILES string of the molecule is CC(C)NC(=O)CSc1cccc(C(C)O)c1. The zero-order valence-electron chi connectivity index (χ0n) is 10.4. The van der Waals surface area contributed by atoms with Crippen molar-refractivity contribution in [2.75, 3.05) is 5.75 Å². The Morgan fingerprint density at radius 3 is 2.71 bits per heavy atom. The van der Waals surface area contributed by atoms with Crippen LogP contribution in [0.4, 0.5) is 0 Å². The minimum atomic E-state index is -0.472. The van der Waals surface area contributed by atoms with E-state index in [1.165, 1.54) is 11.8 Å². The van der Waals surface area contributed by atoms with Gasteiger partial charge in [0.2, 0.25) is 5.91 Å². The smallest absolute Gasteiger partial charge is 0.230 e. The Kier molecular flexibility index (Phi) is 5.51. The van der Waals surface area contributed by atoms with Crippen LogP contribution in [0.25, 0.3) is 0 Å². The van der Waals surface area contributed by atoms with E-state index in [9.17, 15) is 9.90 Å². The number of hydrogen-bond acceptors (Lipinski definition) is 3. The lowest BCUT2D eigenvalue weighted by Crippen LogP contribution is -2.31. The Labute approximate surface area is 107 Å². The number of carbonyl (C=O) groups is 1. The lowest BCUT2D eigenvalue weighted by atomic mass is 10.1. The maximum Gasteiger partial charge on any atom is 0.230 e. The molecule has 0 saturated carbocycles. The predicted octanol–water partition coefficient (Wildman–Crippen LogP) is 2.36. The average molecular weight is 253 g/mol. The number of amides is 1. The molecule has 1 aromatic carbocycles. The van der Waals surface area contributed by atoms with Crippen molar-refractivity contribution in [1.29, 1.82) is 0 Å². The molecule has 1 rings (SSSR count). The van der Waals surface area contributed by atoms with Gasteiger partial charge in [0.15, 0.2) is 0 Å². The number of carbonyl (C=O) groups excluding carboxylic acids is 1. The van der Waals surface area contributed by atoms with E-state index in [2.05, 4.69) is 5.32 Å². The quantitative estimate of drug-likeness (QED) is 0.792. The summed E-state index contributed by atoms with van der Waals surface area (Å²) in [5, 5.41) is 12.3. The summed E-state index contributed by atoms with van der Waals surface area (Å²) < 4.78 is 0. The summed E-state index contributed by atoms with van der Waals surface area (Å²) in [6.07, 6.45) is -0.472. The fraction of sp³-hybridized carbons (Fsp3) is 0.462. The number of thioether (sulfide) groups is 1. The number of benzene rings is 1. The first kappa shape index (κ1) is 14.1. The third kappa shape index (κ3) is 5.24. The molecule has 1 amide bonds. The second-order valence-electron chi connectivity index (χ2n) is 4.26. The summed E-state index contributed by atoms with van der Waals surface area (Å²) in [5.74, 6) is 0.439. The second kappa shape index (κ2) is 6.67. The molecule has 94 valence electrons. The van der Waals surface area contributed by atoms with Crippen molar-refractivity contribution in [2.45, 2.75) is 37.8 Å². The van der Waals surface area contributed by atoms with Gasteiger partial charge in [-0.1, -0.05) is 12.1 Å². The standard InChI is InChI=1S/C13H19NO2S/c1-9(2)14-13(16)8-17-12-6-4-5-11(7-12)10(3)15/h4-7,9-10,15H,8H2,1-3H3,(H,14,16). The molecule has 2 N–H and O–H groups in total. The molecule has 0 heterocycles. The summed E-state index contributed by atoms with van der Waals surface area (Å²) in [7, 11) is 0. The van der Waals surface area contributed by atoms with E-state index in [-0.39, 0.29) is 11.9 Å². The molecule has 4 heteroatoms. The van der Waals surface area contributed by atoms with Crippen LogP contribution >= 0.6 is 11.8 Å². The van der Waals surface area contributed by atoms with Gasteiger partial charge in [-0.25, -0.2) is 0 Å². The molecule has 0 spiro atoms. The summed E-state index contributed by atoms with van der Waals surface area (Å²) in [6.45, 7) is 5.61. The van der Waals surface area contributed by atoms with Crippen LogP contribution in [0.15, 0.2) is 29.2 Å². The van der Waals surface area contributed by atoms with E-state index in [0.29, 0.717) is 5.75 Å². The van der Waals surface area contributed by atoms with Crippen LogP contribution in [0.2, 0.25) is 0 Å². The molecule has 1 atom stereocenters. The van der Waals surface area contributed by atoms with E-state index < -0.39 is 6.10 Å². The maximum absolute atomic E-state index is 11.5. The molecule has 0 aliphatic rings. The highest BCUT2D eigenvalue weighted by molar-refractivity contribution is 8.00. The Hall–Kier alpha value is -1.00. The van der Waals surface area contributed by atoms with Gasteiger partial charge in [0.05, 0.1) is 11.9 Å². The van der Waals surface area contributed by atoms with Gasteiger partial charge in [-0.2, -0.15) is 0 Å². The number of rotatable bonds is 5. The van der Waals surface area contributed by atoms with Gasteiger partial charge in [-0.15, -0.1) is 11.8 Å². The average Bonchev–Trinajstić information content (AvgIpc) is 2.26. The van der Waals surface area contributed by atoms with Crippen molar-refractivity contribution in [2.24, 2.45) is 0 Å². The third-order valence-electron chi connectivity index (χ3n) is 2.16. The first-order valence-electron chi connectivity index (χ1n) is 5.69. The van der Waals surface area contributed by atoms with Crippen molar-refractivity contribution >= 4 is 17.7 Å². The van der Waals surface area contributed by atoms with Crippen LogP contribution in [-0.4, -0.2) is 22.8 Å². The molecular weight excluding hydrogens is 234 g/mol. The van der Waals surface area contributed by atoms with Crippen molar-refractivity contribution in [3.8, 4) is 0 Å². The molecule has 1 unspecified atom stereocenters. The first-order chi connectivity index (χ1) is 7.99. The zero-order chi connectivity index (χ0) is 12.8. The molecule has 0 radical (unpaired) electrons. The largest absolute Gasteiger partial charge is 0.389 e. The second-order valence-corrected chi connectivity index (χ2v) is 5.31. The van der Waals surface area contributed by atoms with Crippen molar-refractivity contribution < 1.29 is 9.90 Å². The van der Waals surface area contributed by atoms with E-state index in [4.69, 9.17) is 0 Å². The molecule has 0 bridgehead atoms. The number of aliphatic hydroxyl groups is 1. The Balaban J connectivity index is 2.52. The van der Waals surface area contributed by atoms with Crippen LogP contribution in [-0.2, 0) is 4.79 Å². The Morgan fingerprint density at radius 1 is 1.41 bits per heavy atom. The Morgan fingerprint density at radius 2 is 2.12 bits per heavy atom. The Bertz CT molecular complexity index is 377.